The molecule has 0 radical (unpaired) electrons. The predicted octanol–water partition coefficient (Wildman–Crippen LogP) is 2.16. The van der Waals surface area contributed by atoms with Gasteiger partial charge in [0.2, 0.25) is 0 Å². The highest BCUT2D eigenvalue weighted by molar-refractivity contribution is 5.58. The second kappa shape index (κ2) is 5.15. The van der Waals surface area contributed by atoms with E-state index in [9.17, 15) is 9.59 Å². The zero-order valence-electron chi connectivity index (χ0n) is 13.3. The molecule has 0 spiro atoms. The lowest BCUT2D eigenvalue weighted by molar-refractivity contribution is 0.547. The molecule has 2 aromatic heterocycles. The summed E-state index contributed by atoms with van der Waals surface area (Å²) >= 11 is 0. The predicted molar refractivity (Wildman–Crippen MR) is 86.4 cm³/mol. The van der Waals surface area contributed by atoms with Crippen LogP contribution < -0.4 is 11.2 Å². The molecule has 23 heavy (non-hydrogen) atoms. The molecule has 0 amide bonds. The van der Waals surface area contributed by atoms with Gasteiger partial charge < -0.3 is 4.98 Å². The zero-order valence-corrected chi connectivity index (χ0v) is 13.3. The molecular weight excluding hydrogens is 292 g/mol. The number of rotatable bonds is 4. The Labute approximate surface area is 133 Å². The Bertz CT molecular complexity index is 863. The van der Waals surface area contributed by atoms with E-state index >= 15 is 0 Å². The smallest absolute Gasteiger partial charge is 0.313 e. The number of hydrogen-bond acceptors (Lipinski definition) is 4. The van der Waals surface area contributed by atoms with Crippen molar-refractivity contribution in [3.63, 3.8) is 0 Å². The molecule has 2 fully saturated rings. The van der Waals surface area contributed by atoms with Crippen molar-refractivity contribution in [1.82, 2.24) is 20.2 Å². The summed E-state index contributed by atoms with van der Waals surface area (Å²) in [7, 11) is 0. The molecule has 6 heteroatoms. The van der Waals surface area contributed by atoms with Gasteiger partial charge in [0.1, 0.15) is 5.69 Å². The average molecular weight is 312 g/mol. The molecule has 2 heterocycles. The fourth-order valence-corrected chi connectivity index (χ4v) is 3.43. The lowest BCUT2D eigenvalue weighted by Gasteiger charge is -2.10. The SMILES string of the molecule is CC(C)[C@H]1C[C@@H]1c1cc(-c2c[nH]c(=O)[nH]c2=O)nnc1C1CC1. The summed E-state index contributed by atoms with van der Waals surface area (Å²) in [4.78, 5) is 27.9. The first-order chi connectivity index (χ1) is 11.0. The van der Waals surface area contributed by atoms with Crippen molar-refractivity contribution in [2.24, 2.45) is 11.8 Å². The molecule has 0 bridgehead atoms. The molecule has 0 saturated heterocycles. The largest absolute Gasteiger partial charge is 0.325 e. The Balaban J connectivity index is 1.78. The third-order valence-electron chi connectivity index (χ3n) is 5.01. The number of nitrogens with one attached hydrogen (secondary N) is 2. The molecule has 4 rings (SSSR count). The van der Waals surface area contributed by atoms with Gasteiger partial charge in [-0.15, -0.1) is 5.10 Å². The van der Waals surface area contributed by atoms with Gasteiger partial charge in [0, 0.05) is 12.1 Å². The molecular formula is C17H20N4O2. The van der Waals surface area contributed by atoms with Crippen LogP contribution in [0.15, 0.2) is 21.9 Å². The molecule has 120 valence electrons. The van der Waals surface area contributed by atoms with Crippen LogP contribution in [0.5, 0.6) is 0 Å². The van der Waals surface area contributed by atoms with E-state index in [0.717, 1.165) is 5.69 Å². The zero-order chi connectivity index (χ0) is 16.1. The quantitative estimate of drug-likeness (QED) is 0.905. The van der Waals surface area contributed by atoms with E-state index in [4.69, 9.17) is 0 Å². The second-order valence-corrected chi connectivity index (χ2v) is 7.08. The van der Waals surface area contributed by atoms with E-state index in [1.54, 1.807) is 0 Å². The topological polar surface area (TPSA) is 91.5 Å². The molecule has 2 saturated carbocycles. The van der Waals surface area contributed by atoms with Crippen molar-refractivity contribution in [2.75, 3.05) is 0 Å². The van der Waals surface area contributed by atoms with E-state index < -0.39 is 11.2 Å². The standard InChI is InChI=1S/C17H20N4O2/c1-8(2)10-5-11(10)12-6-14(20-21-15(12)9-3-4-9)13-7-18-17(23)19-16(13)22/h6-11H,3-5H2,1-2H3,(H2,18,19,22,23)/t10-,11+/m1/s1. The average Bonchev–Trinajstić information content (AvgIpc) is 3.38. The summed E-state index contributed by atoms with van der Waals surface area (Å²) in [5.41, 5.74) is 2.33. The maximum absolute atomic E-state index is 12.0. The van der Waals surface area contributed by atoms with Gasteiger partial charge in [-0.25, -0.2) is 4.79 Å². The first kappa shape index (κ1) is 14.4. The summed E-state index contributed by atoms with van der Waals surface area (Å²) < 4.78 is 0. The van der Waals surface area contributed by atoms with Crippen LogP contribution in [-0.2, 0) is 0 Å². The summed E-state index contributed by atoms with van der Waals surface area (Å²) in [5.74, 6) is 2.41. The summed E-state index contributed by atoms with van der Waals surface area (Å²) in [6.07, 6.45) is 4.96. The van der Waals surface area contributed by atoms with Gasteiger partial charge in [-0.1, -0.05) is 13.8 Å². The number of aromatic nitrogens is 4. The Hall–Kier alpha value is -2.24. The minimum Gasteiger partial charge on any atom is -0.313 e. The van der Waals surface area contributed by atoms with Crippen LogP contribution in [0.3, 0.4) is 0 Å². The Kier molecular flexibility index (Phi) is 3.21. The van der Waals surface area contributed by atoms with Crippen molar-refractivity contribution >= 4 is 0 Å². The minimum atomic E-state index is -0.511. The van der Waals surface area contributed by atoms with Crippen molar-refractivity contribution in [3.8, 4) is 11.3 Å². The first-order valence-electron chi connectivity index (χ1n) is 8.24. The second-order valence-electron chi connectivity index (χ2n) is 7.08. The van der Waals surface area contributed by atoms with Crippen molar-refractivity contribution in [1.29, 1.82) is 0 Å². The molecule has 0 aliphatic heterocycles. The lowest BCUT2D eigenvalue weighted by atomic mass is 9.99. The van der Waals surface area contributed by atoms with Crippen LogP contribution >= 0.6 is 0 Å². The van der Waals surface area contributed by atoms with Crippen LogP contribution in [0.2, 0.25) is 0 Å². The van der Waals surface area contributed by atoms with Gasteiger partial charge in [-0.05, 0) is 48.6 Å². The monoisotopic (exact) mass is 312 g/mol. The maximum Gasteiger partial charge on any atom is 0.325 e. The van der Waals surface area contributed by atoms with Gasteiger partial charge in [-0.3, -0.25) is 9.78 Å². The fraction of sp³-hybridized carbons (Fsp3) is 0.529. The van der Waals surface area contributed by atoms with Crippen molar-refractivity contribution in [2.45, 2.75) is 44.9 Å². The van der Waals surface area contributed by atoms with Gasteiger partial charge in [-0.2, -0.15) is 5.10 Å². The third-order valence-corrected chi connectivity index (χ3v) is 5.01. The van der Waals surface area contributed by atoms with Crippen molar-refractivity contribution < 1.29 is 0 Å². The molecule has 2 aliphatic carbocycles. The lowest BCUT2D eigenvalue weighted by Crippen LogP contribution is -2.23. The van der Waals surface area contributed by atoms with Crippen LogP contribution in [0.25, 0.3) is 11.3 Å². The number of aromatic amines is 2. The number of hydrogen-bond donors (Lipinski definition) is 2. The minimum absolute atomic E-state index is 0.363. The van der Waals surface area contributed by atoms with Gasteiger partial charge in [0.25, 0.3) is 5.56 Å². The molecule has 2 aromatic rings. The normalized spacial score (nSPS) is 23.3. The summed E-state index contributed by atoms with van der Waals surface area (Å²) in [6.45, 7) is 4.51. The highest BCUT2D eigenvalue weighted by Crippen LogP contribution is 2.55. The van der Waals surface area contributed by atoms with E-state index in [2.05, 4.69) is 34.0 Å². The van der Waals surface area contributed by atoms with Crippen molar-refractivity contribution in [3.05, 3.63) is 44.4 Å². The first-order valence-corrected chi connectivity index (χ1v) is 8.24. The highest BCUT2D eigenvalue weighted by atomic mass is 16.2. The van der Waals surface area contributed by atoms with Crippen LogP contribution in [-0.4, -0.2) is 20.2 Å². The fourth-order valence-electron chi connectivity index (χ4n) is 3.43. The van der Waals surface area contributed by atoms with E-state index in [1.165, 1.54) is 31.0 Å². The van der Waals surface area contributed by atoms with E-state index in [0.29, 0.717) is 34.9 Å². The number of nitrogens with zero attached hydrogens (tertiary/aromatic N) is 2. The Morgan fingerprint density at radius 3 is 2.61 bits per heavy atom. The third kappa shape index (κ3) is 2.62. The number of H-pyrrole nitrogens is 2. The van der Waals surface area contributed by atoms with Crippen LogP contribution in [0, 0.1) is 11.8 Å². The van der Waals surface area contributed by atoms with E-state index in [-0.39, 0.29) is 0 Å². The molecule has 2 aliphatic rings. The summed E-state index contributed by atoms with van der Waals surface area (Å²) in [6, 6.07) is 2.01. The van der Waals surface area contributed by atoms with E-state index in [1.807, 2.05) is 6.07 Å². The Morgan fingerprint density at radius 2 is 2.00 bits per heavy atom. The molecule has 0 unspecified atom stereocenters. The highest BCUT2D eigenvalue weighted by Gasteiger charge is 2.44. The van der Waals surface area contributed by atoms with Gasteiger partial charge >= 0.3 is 5.69 Å². The maximum atomic E-state index is 12.0. The van der Waals surface area contributed by atoms with Gasteiger partial charge in [0.05, 0.1) is 11.3 Å². The van der Waals surface area contributed by atoms with Gasteiger partial charge in [0.15, 0.2) is 0 Å². The molecule has 2 N–H and O–H groups in total. The summed E-state index contributed by atoms with van der Waals surface area (Å²) in [5, 5.41) is 8.69. The molecule has 6 nitrogen and oxygen atoms in total. The molecule has 0 aromatic carbocycles. The molecule has 2 atom stereocenters. The van der Waals surface area contributed by atoms with Crippen LogP contribution in [0.4, 0.5) is 0 Å². The Morgan fingerprint density at radius 1 is 1.22 bits per heavy atom. The van der Waals surface area contributed by atoms with Crippen LogP contribution in [0.1, 0.15) is 56.2 Å².